The zero-order valence-electron chi connectivity index (χ0n) is 22.5. The molecule has 0 radical (unpaired) electrons. The number of nitrogens with zero attached hydrogens (tertiary/aromatic N) is 3. The van der Waals surface area contributed by atoms with Crippen LogP contribution in [-0.2, 0) is 47.4 Å². The predicted molar refractivity (Wildman–Crippen MR) is 135 cm³/mol. The fraction of sp³-hybridized carbons (Fsp3) is 0.207. The number of ether oxygens (including phenoxy) is 1. The van der Waals surface area contributed by atoms with Gasteiger partial charge in [0.2, 0.25) is 0 Å². The van der Waals surface area contributed by atoms with Gasteiger partial charge in [0.1, 0.15) is 23.9 Å². The summed E-state index contributed by atoms with van der Waals surface area (Å²) in [4.78, 5) is 16.7. The molecule has 0 spiro atoms. The van der Waals surface area contributed by atoms with Crippen LogP contribution < -0.4 is 0 Å². The number of rotatable bonds is 6. The van der Waals surface area contributed by atoms with E-state index >= 15 is 0 Å². The van der Waals surface area contributed by atoms with Crippen LogP contribution >= 0.6 is 0 Å². The first-order valence-electron chi connectivity index (χ1n) is 12.5. The largest absolute Gasteiger partial charge is 0.457 e. The summed E-state index contributed by atoms with van der Waals surface area (Å²) in [5.41, 5.74) is -8.29. The number of aromatic nitrogens is 2. The van der Waals surface area contributed by atoms with Crippen molar-refractivity contribution in [1.82, 2.24) is 9.55 Å². The molecule has 2 aromatic heterocycles. The Kier molecular flexibility index (Phi) is 8.88. The van der Waals surface area contributed by atoms with E-state index in [4.69, 9.17) is 4.74 Å². The van der Waals surface area contributed by atoms with E-state index in [0.717, 1.165) is 16.8 Å². The maximum absolute atomic E-state index is 13.3. The third-order valence-electron chi connectivity index (χ3n) is 6.32. The molecule has 2 aromatic carbocycles. The molecule has 0 unspecified atom stereocenters. The number of hydrogen-bond donors (Lipinski definition) is 0. The van der Waals surface area contributed by atoms with Crippen molar-refractivity contribution in [1.29, 1.82) is 5.26 Å². The fourth-order valence-corrected chi connectivity index (χ4v) is 4.31. The quantitative estimate of drug-likeness (QED) is 0.0894. The minimum absolute atomic E-state index is 0.0121. The smallest absolute Gasteiger partial charge is 0.416 e. The molecule has 0 fully saturated rings. The molecule has 0 aliphatic carbocycles. The average Bonchev–Trinajstić information content (AvgIpc) is 3.29. The Balaban J connectivity index is 1.67. The first kappa shape index (κ1) is 33.9. The molecule has 0 saturated carbocycles. The van der Waals surface area contributed by atoms with Gasteiger partial charge in [0.05, 0.1) is 22.3 Å². The molecule has 0 atom stereocenters. The SMILES string of the molecule is N#C/C(=C\c1cn(Cc2cc(C(F)(F)F)cc(C(F)(F)F)c2)c2ncccc12)C(=O)OCc1cc(C(F)(F)F)cc(C(F)(F)F)c1. The van der Waals surface area contributed by atoms with Crippen LogP contribution in [0.2, 0.25) is 0 Å². The van der Waals surface area contributed by atoms with Crippen LogP contribution in [0.4, 0.5) is 52.7 Å². The highest BCUT2D eigenvalue weighted by molar-refractivity contribution is 6.00. The van der Waals surface area contributed by atoms with Gasteiger partial charge >= 0.3 is 30.7 Å². The number of fused-ring (bicyclic) bond motifs is 1. The minimum Gasteiger partial charge on any atom is -0.457 e. The number of benzene rings is 2. The van der Waals surface area contributed by atoms with Gasteiger partial charge in [0, 0.05) is 29.9 Å². The van der Waals surface area contributed by atoms with Crippen molar-refractivity contribution in [2.45, 2.75) is 37.9 Å². The number of alkyl halides is 12. The summed E-state index contributed by atoms with van der Waals surface area (Å²) in [6.07, 6.45) is -17.2. The third kappa shape index (κ3) is 7.79. The van der Waals surface area contributed by atoms with Crippen LogP contribution in [0, 0.1) is 11.3 Å². The maximum atomic E-state index is 13.3. The number of nitriles is 1. The van der Waals surface area contributed by atoms with Crippen molar-refractivity contribution in [3.63, 3.8) is 0 Å². The molecule has 4 rings (SSSR count). The lowest BCUT2D eigenvalue weighted by Crippen LogP contribution is -2.13. The molecule has 0 aliphatic heterocycles. The molecule has 0 N–H and O–H groups in total. The Bertz CT molecular complexity index is 1790. The molecular weight excluding hydrogens is 650 g/mol. The van der Waals surface area contributed by atoms with Crippen LogP contribution in [0.15, 0.2) is 66.5 Å². The van der Waals surface area contributed by atoms with Crippen LogP contribution in [0.25, 0.3) is 17.1 Å². The summed E-state index contributed by atoms with van der Waals surface area (Å²) >= 11 is 0. The van der Waals surface area contributed by atoms with Crippen LogP contribution in [-0.4, -0.2) is 15.5 Å². The number of esters is 1. The molecule has 0 bridgehead atoms. The first-order valence-corrected chi connectivity index (χ1v) is 12.5. The molecule has 0 amide bonds. The number of carbonyl (C=O) groups excluding carboxylic acids is 1. The summed E-state index contributed by atoms with van der Waals surface area (Å²) in [6, 6.07) is 5.78. The van der Waals surface area contributed by atoms with Crippen molar-refractivity contribution in [3.8, 4) is 6.07 Å². The minimum atomic E-state index is -5.16. The molecule has 242 valence electrons. The maximum Gasteiger partial charge on any atom is 0.416 e. The van der Waals surface area contributed by atoms with Crippen molar-refractivity contribution in [3.05, 3.63) is 105 Å². The van der Waals surface area contributed by atoms with Gasteiger partial charge in [-0.05, 0) is 65.7 Å². The second-order valence-corrected chi connectivity index (χ2v) is 9.66. The van der Waals surface area contributed by atoms with Gasteiger partial charge in [-0.1, -0.05) is 0 Å². The normalized spacial score (nSPS) is 13.2. The summed E-state index contributed by atoms with van der Waals surface area (Å²) in [7, 11) is 0. The number of pyridine rings is 1. The van der Waals surface area contributed by atoms with Crippen molar-refractivity contribution in [2.75, 3.05) is 0 Å². The molecule has 0 saturated heterocycles. The molecule has 46 heavy (non-hydrogen) atoms. The van der Waals surface area contributed by atoms with Gasteiger partial charge < -0.3 is 9.30 Å². The van der Waals surface area contributed by atoms with Gasteiger partial charge in [-0.15, -0.1) is 0 Å². The second-order valence-electron chi connectivity index (χ2n) is 9.66. The van der Waals surface area contributed by atoms with Crippen molar-refractivity contribution in [2.24, 2.45) is 0 Å². The lowest BCUT2D eigenvalue weighted by molar-refractivity contribution is -0.145. The van der Waals surface area contributed by atoms with Gasteiger partial charge in [0.15, 0.2) is 0 Å². The molecule has 4 aromatic rings. The van der Waals surface area contributed by atoms with E-state index < -0.39 is 82.8 Å². The van der Waals surface area contributed by atoms with Gasteiger partial charge in [0.25, 0.3) is 0 Å². The lowest BCUT2D eigenvalue weighted by atomic mass is 10.0. The monoisotopic (exact) mass is 665 g/mol. The molecule has 0 aliphatic rings. The zero-order chi connectivity index (χ0) is 34.2. The summed E-state index contributed by atoms with van der Waals surface area (Å²) in [6.45, 7) is -1.66. The van der Waals surface area contributed by atoms with E-state index in [1.807, 2.05) is 0 Å². The molecular formula is C29H15F12N3O2. The Morgan fingerprint density at radius 3 is 1.72 bits per heavy atom. The number of halogens is 12. The van der Waals surface area contributed by atoms with Gasteiger partial charge in [-0.25, -0.2) is 9.78 Å². The van der Waals surface area contributed by atoms with Crippen LogP contribution in [0.1, 0.15) is 38.9 Å². The van der Waals surface area contributed by atoms with Crippen molar-refractivity contribution >= 4 is 23.1 Å². The van der Waals surface area contributed by atoms with E-state index in [2.05, 4.69) is 4.98 Å². The van der Waals surface area contributed by atoms with E-state index in [1.54, 1.807) is 0 Å². The van der Waals surface area contributed by atoms with Gasteiger partial charge in [-0.2, -0.15) is 57.9 Å². The molecule has 17 heteroatoms. The zero-order valence-corrected chi connectivity index (χ0v) is 22.5. The Morgan fingerprint density at radius 1 is 0.783 bits per heavy atom. The highest BCUT2D eigenvalue weighted by Gasteiger charge is 2.38. The Morgan fingerprint density at radius 2 is 1.26 bits per heavy atom. The van der Waals surface area contributed by atoms with E-state index in [9.17, 15) is 62.7 Å². The third-order valence-corrected chi connectivity index (χ3v) is 6.32. The fourth-order valence-electron chi connectivity index (χ4n) is 4.31. The highest BCUT2D eigenvalue weighted by Crippen LogP contribution is 2.38. The topological polar surface area (TPSA) is 67.9 Å². The van der Waals surface area contributed by atoms with E-state index in [-0.39, 0.29) is 28.7 Å². The highest BCUT2D eigenvalue weighted by atomic mass is 19.4. The van der Waals surface area contributed by atoms with Crippen LogP contribution in [0.5, 0.6) is 0 Å². The number of hydrogen-bond acceptors (Lipinski definition) is 4. The standard InChI is InChI=1S/C29H15F12N3O2/c30-26(31,32)19-4-15(5-20(9-19)27(33,34)35)12-44-13-18(23-2-1-3-43-24(23)44)8-17(11-42)25(45)46-14-16-6-21(28(36,37)38)10-22(7-16)29(39,40)41/h1-10,13H,12,14H2/b17-8+. The van der Waals surface area contributed by atoms with Crippen LogP contribution in [0.3, 0.4) is 0 Å². The summed E-state index contributed by atoms with van der Waals surface area (Å²) in [5.74, 6) is -1.45. The lowest BCUT2D eigenvalue weighted by Gasteiger charge is -2.14. The summed E-state index contributed by atoms with van der Waals surface area (Å²) in [5, 5.41) is 9.71. The average molecular weight is 665 g/mol. The number of carbonyl (C=O) groups is 1. The van der Waals surface area contributed by atoms with Crippen molar-refractivity contribution < 1.29 is 62.2 Å². The second kappa shape index (κ2) is 12.1. The van der Waals surface area contributed by atoms with Gasteiger partial charge in [-0.3, -0.25) is 0 Å². The van der Waals surface area contributed by atoms with E-state index in [1.165, 1.54) is 24.4 Å². The predicted octanol–water partition coefficient (Wildman–Crippen LogP) is 8.81. The first-order chi connectivity index (χ1) is 21.2. The summed E-state index contributed by atoms with van der Waals surface area (Å²) < 4.78 is 165. The van der Waals surface area contributed by atoms with E-state index in [0.29, 0.717) is 24.3 Å². The molecule has 5 nitrogen and oxygen atoms in total. The Labute approximate surface area is 249 Å². The Hall–Kier alpha value is -5.01. The molecule has 2 heterocycles.